The van der Waals surface area contributed by atoms with Gasteiger partial charge in [0.25, 0.3) is 5.91 Å². The molecule has 8 heteroatoms. The second-order valence-corrected chi connectivity index (χ2v) is 5.88. The zero-order valence-electron chi connectivity index (χ0n) is 13.8. The molecule has 2 heterocycles. The molecule has 1 amide bonds. The van der Waals surface area contributed by atoms with Crippen LogP contribution < -0.4 is 16.0 Å². The van der Waals surface area contributed by atoms with Gasteiger partial charge >= 0.3 is 0 Å². The summed E-state index contributed by atoms with van der Waals surface area (Å²) in [5, 5.41) is 11.3. The van der Waals surface area contributed by atoms with Crippen molar-refractivity contribution < 1.29 is 9.21 Å². The summed E-state index contributed by atoms with van der Waals surface area (Å²) in [6, 6.07) is 5.42. The van der Waals surface area contributed by atoms with Crippen LogP contribution in [0.3, 0.4) is 0 Å². The molecule has 0 saturated heterocycles. The maximum atomic E-state index is 11.7. The van der Waals surface area contributed by atoms with E-state index in [0.717, 1.165) is 12.5 Å². The predicted octanol–water partition coefficient (Wildman–Crippen LogP) is 2.75. The number of thiophene rings is 1. The van der Waals surface area contributed by atoms with Crippen molar-refractivity contribution in [3.8, 4) is 0 Å². The van der Waals surface area contributed by atoms with E-state index in [-0.39, 0.29) is 29.9 Å². The second-order valence-electron chi connectivity index (χ2n) is 4.88. The zero-order valence-corrected chi connectivity index (χ0v) is 16.9. The number of furan rings is 1. The number of carbonyl (C=O) groups excluding carboxylic acids is 1. The second kappa shape index (κ2) is 11.1. The molecule has 6 nitrogen and oxygen atoms in total. The Balaban J connectivity index is 0.00000288. The molecule has 0 aromatic carbocycles. The fourth-order valence-electron chi connectivity index (χ4n) is 1.91. The van der Waals surface area contributed by atoms with Gasteiger partial charge in [0, 0.05) is 24.5 Å². The lowest BCUT2D eigenvalue weighted by Gasteiger charge is -2.11. The van der Waals surface area contributed by atoms with Crippen LogP contribution >= 0.6 is 35.3 Å². The summed E-state index contributed by atoms with van der Waals surface area (Å²) in [5.74, 6) is 0.847. The lowest BCUT2D eigenvalue weighted by atomic mass is 10.3. The molecule has 0 unspecified atom stereocenters. The van der Waals surface area contributed by atoms with Gasteiger partial charge in [-0.2, -0.15) is 0 Å². The largest absolute Gasteiger partial charge is 0.459 e. The zero-order chi connectivity index (χ0) is 16.5. The van der Waals surface area contributed by atoms with Crippen molar-refractivity contribution in [3.05, 3.63) is 46.0 Å². The van der Waals surface area contributed by atoms with Crippen molar-refractivity contribution in [3.63, 3.8) is 0 Å². The molecule has 0 aliphatic carbocycles. The summed E-state index contributed by atoms with van der Waals surface area (Å²) in [4.78, 5) is 17.5. The third-order valence-electron chi connectivity index (χ3n) is 3.14. The molecule has 0 aliphatic heterocycles. The van der Waals surface area contributed by atoms with Crippen LogP contribution in [0.15, 0.2) is 39.3 Å². The number of hydrogen-bond acceptors (Lipinski definition) is 4. The highest BCUT2D eigenvalue weighted by atomic mass is 127. The molecule has 2 aromatic heterocycles. The van der Waals surface area contributed by atoms with E-state index in [4.69, 9.17) is 4.42 Å². The van der Waals surface area contributed by atoms with E-state index >= 15 is 0 Å². The van der Waals surface area contributed by atoms with Crippen molar-refractivity contribution in [2.45, 2.75) is 20.4 Å². The van der Waals surface area contributed by atoms with E-state index in [1.165, 1.54) is 16.7 Å². The van der Waals surface area contributed by atoms with Crippen LogP contribution in [0.25, 0.3) is 0 Å². The molecule has 2 aromatic rings. The number of aliphatic imine (C=N–C) groups is 1. The summed E-state index contributed by atoms with van der Waals surface area (Å²) < 4.78 is 5.04. The quantitative estimate of drug-likeness (QED) is 0.256. The smallest absolute Gasteiger partial charge is 0.287 e. The van der Waals surface area contributed by atoms with Crippen LogP contribution in [0.4, 0.5) is 0 Å². The minimum atomic E-state index is -0.215. The first kappa shape index (κ1) is 20.5. The Morgan fingerprint density at radius 2 is 2.04 bits per heavy atom. The fourth-order valence-corrected chi connectivity index (χ4v) is 2.74. The van der Waals surface area contributed by atoms with E-state index in [1.54, 1.807) is 23.5 Å². The van der Waals surface area contributed by atoms with Crippen molar-refractivity contribution >= 4 is 47.2 Å². The Morgan fingerprint density at radius 1 is 1.25 bits per heavy atom. The fraction of sp³-hybridized carbons (Fsp3) is 0.375. The number of nitrogens with zero attached hydrogens (tertiary/aromatic N) is 1. The van der Waals surface area contributed by atoms with Gasteiger partial charge in [-0.1, -0.05) is 0 Å². The lowest BCUT2D eigenvalue weighted by molar-refractivity contribution is 0.0926. The Labute approximate surface area is 163 Å². The third-order valence-corrected chi connectivity index (χ3v) is 4.15. The lowest BCUT2D eigenvalue weighted by Crippen LogP contribution is -2.41. The van der Waals surface area contributed by atoms with Crippen LogP contribution in [0.1, 0.15) is 27.9 Å². The molecule has 24 heavy (non-hydrogen) atoms. The van der Waals surface area contributed by atoms with Crippen LogP contribution in [0.5, 0.6) is 0 Å². The van der Waals surface area contributed by atoms with Gasteiger partial charge in [-0.15, -0.1) is 35.3 Å². The van der Waals surface area contributed by atoms with Gasteiger partial charge in [0.2, 0.25) is 0 Å². The summed E-state index contributed by atoms with van der Waals surface area (Å²) in [7, 11) is 0. The van der Waals surface area contributed by atoms with Crippen LogP contribution in [0.2, 0.25) is 0 Å². The number of hydrogen-bond donors (Lipinski definition) is 3. The molecule has 2 rings (SSSR count). The standard InChI is InChI=1S/C16H22N4O2S.HI/c1-3-17-16(20-11-14-12(2)6-10-23-14)19-8-7-18-15(21)13-5-4-9-22-13;/h4-6,9-10H,3,7-8,11H2,1-2H3,(H,18,21)(H2,17,19,20);1H. The SMILES string of the molecule is CCNC(=NCc1sccc1C)NCCNC(=O)c1ccco1.I. The van der Waals surface area contributed by atoms with Crippen molar-refractivity contribution in [2.24, 2.45) is 4.99 Å². The van der Waals surface area contributed by atoms with Gasteiger partial charge in [-0.25, -0.2) is 4.99 Å². The first-order valence-corrected chi connectivity index (χ1v) is 8.45. The average Bonchev–Trinajstić information content (AvgIpc) is 3.20. The molecule has 0 atom stereocenters. The molecular weight excluding hydrogens is 439 g/mol. The Kier molecular flexibility index (Phi) is 9.46. The van der Waals surface area contributed by atoms with Gasteiger partial charge in [-0.3, -0.25) is 4.79 Å². The Morgan fingerprint density at radius 3 is 2.67 bits per heavy atom. The van der Waals surface area contributed by atoms with Crippen LogP contribution in [-0.2, 0) is 6.54 Å². The molecular formula is C16H23IN4O2S. The summed E-state index contributed by atoms with van der Waals surface area (Å²) in [6.07, 6.45) is 1.48. The van der Waals surface area contributed by atoms with E-state index in [9.17, 15) is 4.79 Å². The minimum Gasteiger partial charge on any atom is -0.459 e. The molecule has 0 fully saturated rings. The number of rotatable bonds is 7. The van der Waals surface area contributed by atoms with Gasteiger partial charge in [0.1, 0.15) is 0 Å². The maximum absolute atomic E-state index is 11.7. The molecule has 0 saturated carbocycles. The highest BCUT2D eigenvalue weighted by Crippen LogP contribution is 2.16. The normalized spacial score (nSPS) is 10.8. The number of aryl methyl sites for hydroxylation is 1. The number of halogens is 1. The molecule has 132 valence electrons. The number of nitrogens with one attached hydrogen (secondary N) is 3. The average molecular weight is 462 g/mol. The monoisotopic (exact) mass is 462 g/mol. The van der Waals surface area contributed by atoms with E-state index < -0.39 is 0 Å². The predicted molar refractivity (Wildman–Crippen MR) is 108 cm³/mol. The number of guanidine groups is 1. The Hall–Kier alpha value is -1.55. The van der Waals surface area contributed by atoms with Gasteiger partial charge in [0.05, 0.1) is 12.8 Å². The summed E-state index contributed by atoms with van der Waals surface area (Å²) in [5.41, 5.74) is 1.26. The van der Waals surface area contributed by atoms with Gasteiger partial charge in [-0.05, 0) is 43.0 Å². The Bertz CT molecular complexity index is 640. The van der Waals surface area contributed by atoms with Gasteiger partial charge in [0.15, 0.2) is 11.7 Å². The highest BCUT2D eigenvalue weighted by molar-refractivity contribution is 14.0. The van der Waals surface area contributed by atoms with E-state index in [2.05, 4.69) is 39.3 Å². The molecule has 3 N–H and O–H groups in total. The van der Waals surface area contributed by atoms with Crippen molar-refractivity contribution in [1.82, 2.24) is 16.0 Å². The van der Waals surface area contributed by atoms with E-state index in [1.807, 2.05) is 6.92 Å². The molecule has 0 aliphatic rings. The number of carbonyl (C=O) groups is 1. The summed E-state index contributed by atoms with van der Waals surface area (Å²) in [6.45, 7) is 6.62. The van der Waals surface area contributed by atoms with Crippen molar-refractivity contribution in [1.29, 1.82) is 0 Å². The van der Waals surface area contributed by atoms with Crippen molar-refractivity contribution in [2.75, 3.05) is 19.6 Å². The molecule has 0 spiro atoms. The highest BCUT2D eigenvalue weighted by Gasteiger charge is 2.07. The third kappa shape index (κ3) is 6.52. The van der Waals surface area contributed by atoms with E-state index in [0.29, 0.717) is 25.4 Å². The minimum absolute atomic E-state index is 0. The molecule has 0 bridgehead atoms. The topological polar surface area (TPSA) is 78.7 Å². The number of amides is 1. The van der Waals surface area contributed by atoms with Crippen LogP contribution in [-0.4, -0.2) is 31.5 Å². The van der Waals surface area contributed by atoms with Crippen LogP contribution in [0, 0.1) is 6.92 Å². The summed E-state index contributed by atoms with van der Waals surface area (Å²) >= 11 is 1.71. The molecule has 0 radical (unpaired) electrons. The maximum Gasteiger partial charge on any atom is 0.287 e. The van der Waals surface area contributed by atoms with Gasteiger partial charge < -0.3 is 20.4 Å². The first-order chi connectivity index (χ1) is 11.2. The first-order valence-electron chi connectivity index (χ1n) is 7.57.